The number of carbonyl (C=O) groups is 2. The summed E-state index contributed by atoms with van der Waals surface area (Å²) in [4.78, 5) is 25.2. The fourth-order valence-electron chi connectivity index (χ4n) is 1.82. The van der Waals surface area contributed by atoms with Gasteiger partial charge in [-0.1, -0.05) is 0 Å². The van der Waals surface area contributed by atoms with Gasteiger partial charge in [-0.25, -0.2) is 9.69 Å². The Morgan fingerprint density at radius 2 is 2.29 bits per heavy atom. The molecule has 2 aliphatic heterocycles. The van der Waals surface area contributed by atoms with Crippen molar-refractivity contribution in [2.45, 2.75) is 12.5 Å². The number of hydrogen-bond acceptors (Lipinski definition) is 3. The van der Waals surface area contributed by atoms with E-state index >= 15 is 0 Å². The topological polar surface area (TPSA) is 49.9 Å². The molecule has 0 N–H and O–H groups in total. The Labute approximate surface area is 86.5 Å². The Morgan fingerprint density at radius 3 is 2.79 bits per heavy atom. The third-order valence-corrected chi connectivity index (χ3v) is 2.80. The van der Waals surface area contributed by atoms with Gasteiger partial charge in [-0.2, -0.15) is 0 Å². The molecule has 6 heteroatoms. The van der Waals surface area contributed by atoms with Crippen molar-refractivity contribution in [3.05, 3.63) is 0 Å². The maximum atomic E-state index is 11.6. The lowest BCUT2D eigenvalue weighted by Gasteiger charge is -2.21. The summed E-state index contributed by atoms with van der Waals surface area (Å²) in [6.07, 6.45) is 0.843. The van der Waals surface area contributed by atoms with Gasteiger partial charge in [0.05, 0.1) is 12.6 Å². The first kappa shape index (κ1) is 9.73. The predicted octanol–water partition coefficient (Wildman–Crippen LogP) is 0.872. The summed E-state index contributed by atoms with van der Waals surface area (Å²) in [5.41, 5.74) is 0. The Kier molecular flexibility index (Phi) is 2.60. The van der Waals surface area contributed by atoms with Gasteiger partial charge in [0.1, 0.15) is 0 Å². The number of amides is 3. The van der Waals surface area contributed by atoms with Crippen molar-refractivity contribution in [3.63, 3.8) is 0 Å². The second-order valence-electron chi connectivity index (χ2n) is 3.40. The monoisotopic (exact) mass is 218 g/mol. The molecule has 2 fully saturated rings. The number of ether oxygens (including phenoxy) is 1. The molecule has 0 aromatic rings. The van der Waals surface area contributed by atoms with E-state index in [0.717, 1.165) is 11.3 Å². The van der Waals surface area contributed by atoms with Crippen molar-refractivity contribution in [2.75, 3.05) is 26.3 Å². The van der Waals surface area contributed by atoms with E-state index in [1.807, 2.05) is 0 Å². The van der Waals surface area contributed by atoms with E-state index in [9.17, 15) is 9.59 Å². The minimum Gasteiger partial charge on any atom is -0.379 e. The van der Waals surface area contributed by atoms with Crippen LogP contribution in [0.4, 0.5) is 9.59 Å². The van der Waals surface area contributed by atoms with Gasteiger partial charge in [0.2, 0.25) is 0 Å². The van der Waals surface area contributed by atoms with E-state index in [-0.39, 0.29) is 12.1 Å². The third-order valence-electron chi connectivity index (χ3n) is 2.60. The van der Waals surface area contributed by atoms with Gasteiger partial charge in [0, 0.05) is 19.7 Å². The summed E-state index contributed by atoms with van der Waals surface area (Å²) in [5, 5.41) is -0.698. The van der Waals surface area contributed by atoms with E-state index in [1.165, 1.54) is 0 Å². The van der Waals surface area contributed by atoms with Crippen LogP contribution in [0.3, 0.4) is 0 Å². The first-order valence-electron chi connectivity index (χ1n) is 4.55. The Morgan fingerprint density at radius 1 is 1.50 bits per heavy atom. The Balaban J connectivity index is 2.02. The van der Waals surface area contributed by atoms with Crippen molar-refractivity contribution in [2.24, 2.45) is 0 Å². The zero-order valence-electron chi connectivity index (χ0n) is 7.61. The number of carbonyl (C=O) groups excluding carboxylic acids is 2. The van der Waals surface area contributed by atoms with E-state index < -0.39 is 5.37 Å². The summed E-state index contributed by atoms with van der Waals surface area (Å²) in [6, 6.07) is -0.177. The summed E-state index contributed by atoms with van der Waals surface area (Å²) >= 11 is 5.26. The smallest absolute Gasteiger partial charge is 0.328 e. The molecule has 0 radical (unpaired) electrons. The van der Waals surface area contributed by atoms with Gasteiger partial charge < -0.3 is 9.64 Å². The average Bonchev–Trinajstić information content (AvgIpc) is 2.71. The second kappa shape index (κ2) is 3.74. The van der Waals surface area contributed by atoms with Crippen LogP contribution in [0, 0.1) is 0 Å². The number of halogens is 1. The summed E-state index contributed by atoms with van der Waals surface area (Å²) in [5.74, 6) is 0. The maximum absolute atomic E-state index is 11.6. The van der Waals surface area contributed by atoms with Gasteiger partial charge in [0.25, 0.3) is 0 Å². The quantitative estimate of drug-likeness (QED) is 0.485. The van der Waals surface area contributed by atoms with Crippen molar-refractivity contribution in [3.8, 4) is 0 Å². The number of imide groups is 1. The third kappa shape index (κ3) is 1.57. The fraction of sp³-hybridized carbons (Fsp3) is 0.750. The zero-order chi connectivity index (χ0) is 10.1. The van der Waals surface area contributed by atoms with Crippen LogP contribution in [0.15, 0.2) is 0 Å². The first-order chi connectivity index (χ1) is 6.70. The molecule has 14 heavy (non-hydrogen) atoms. The average molecular weight is 219 g/mol. The zero-order valence-corrected chi connectivity index (χ0v) is 8.37. The first-order valence-corrected chi connectivity index (χ1v) is 4.93. The molecule has 0 spiro atoms. The number of hydrogen-bond donors (Lipinski definition) is 0. The van der Waals surface area contributed by atoms with Crippen LogP contribution in [0.25, 0.3) is 0 Å². The van der Waals surface area contributed by atoms with Crippen molar-refractivity contribution >= 4 is 23.0 Å². The van der Waals surface area contributed by atoms with E-state index in [4.69, 9.17) is 16.3 Å². The van der Waals surface area contributed by atoms with Crippen molar-refractivity contribution < 1.29 is 14.3 Å². The molecule has 2 aliphatic rings. The van der Waals surface area contributed by atoms with Crippen LogP contribution < -0.4 is 0 Å². The molecular formula is C8H11ClN2O3. The van der Waals surface area contributed by atoms with Crippen LogP contribution in [0.2, 0.25) is 0 Å². The molecule has 0 aliphatic carbocycles. The van der Waals surface area contributed by atoms with Crippen LogP contribution in [0.1, 0.15) is 6.42 Å². The molecule has 2 saturated heterocycles. The summed E-state index contributed by atoms with van der Waals surface area (Å²) in [6.45, 7) is 2.20. The number of urea groups is 1. The van der Waals surface area contributed by atoms with Gasteiger partial charge >= 0.3 is 11.4 Å². The predicted molar refractivity (Wildman–Crippen MR) is 49.3 cm³/mol. The lowest BCUT2D eigenvalue weighted by atomic mass is 10.2. The summed E-state index contributed by atoms with van der Waals surface area (Å²) in [7, 11) is 0. The van der Waals surface area contributed by atoms with Gasteiger partial charge in [-0.3, -0.25) is 4.79 Å². The van der Waals surface area contributed by atoms with Gasteiger partial charge in [-0.05, 0) is 18.0 Å². The fourth-order valence-corrected chi connectivity index (χ4v) is 1.98. The Bertz CT molecular complexity index is 265. The van der Waals surface area contributed by atoms with Crippen LogP contribution in [-0.4, -0.2) is 53.5 Å². The van der Waals surface area contributed by atoms with Gasteiger partial charge in [-0.15, -0.1) is 0 Å². The maximum Gasteiger partial charge on any atom is 0.328 e. The normalized spacial score (nSPS) is 27.5. The molecule has 2 rings (SSSR count). The second-order valence-corrected chi connectivity index (χ2v) is 3.72. The molecule has 0 bridgehead atoms. The molecular weight excluding hydrogens is 208 g/mol. The highest BCUT2D eigenvalue weighted by atomic mass is 35.5. The molecule has 1 atom stereocenters. The van der Waals surface area contributed by atoms with Crippen LogP contribution in [-0.2, 0) is 4.74 Å². The highest BCUT2D eigenvalue weighted by molar-refractivity contribution is 6.64. The SMILES string of the molecule is O=C(Cl)N1CCN(C2CCOC2)C1=O. The molecule has 1 unspecified atom stereocenters. The number of nitrogens with zero attached hydrogens (tertiary/aromatic N) is 2. The van der Waals surface area contributed by atoms with Crippen LogP contribution in [0.5, 0.6) is 0 Å². The Hall–Kier alpha value is -0.810. The lowest BCUT2D eigenvalue weighted by molar-refractivity contribution is 0.155. The molecule has 3 amide bonds. The molecule has 5 nitrogen and oxygen atoms in total. The molecule has 78 valence electrons. The molecule has 0 aromatic carbocycles. The standard InChI is InChI=1S/C8H11ClN2O3/c9-7(12)11-3-2-10(8(11)13)6-1-4-14-5-6/h6H,1-5H2. The van der Waals surface area contributed by atoms with E-state index in [1.54, 1.807) is 4.90 Å². The van der Waals surface area contributed by atoms with E-state index in [2.05, 4.69) is 0 Å². The van der Waals surface area contributed by atoms with Crippen molar-refractivity contribution in [1.29, 1.82) is 0 Å². The summed E-state index contributed by atoms with van der Waals surface area (Å²) < 4.78 is 5.18. The molecule has 0 aromatic heterocycles. The number of rotatable bonds is 1. The lowest BCUT2D eigenvalue weighted by Crippen LogP contribution is -2.40. The minimum absolute atomic E-state index is 0.114. The van der Waals surface area contributed by atoms with E-state index in [0.29, 0.717) is 26.3 Å². The molecule has 0 saturated carbocycles. The van der Waals surface area contributed by atoms with Gasteiger partial charge in [0.15, 0.2) is 0 Å². The minimum atomic E-state index is -0.698. The highest BCUT2D eigenvalue weighted by Gasteiger charge is 2.37. The van der Waals surface area contributed by atoms with Crippen molar-refractivity contribution in [1.82, 2.24) is 9.80 Å². The molecule has 2 heterocycles. The van der Waals surface area contributed by atoms with Crippen LogP contribution >= 0.6 is 11.6 Å². The largest absolute Gasteiger partial charge is 0.379 e. The highest BCUT2D eigenvalue weighted by Crippen LogP contribution is 2.19.